The van der Waals surface area contributed by atoms with Crippen molar-refractivity contribution in [3.8, 4) is 11.4 Å². The standard InChI is InChI=1S/C20H22ClFIN6O3/c1-31-6-7-32-20(30)29-5-3-2-4-16(29)23-28-19-15(22)11-26-18(27-19)14-10-25-17-13(14)8-12(21)9-24-17/h8-11,16H,2-7H2,1H3,(H,24,25)(H,26,27,28)/q-1/t16-/m0/s1. The van der Waals surface area contributed by atoms with Gasteiger partial charge in [0.15, 0.2) is 0 Å². The quantitative estimate of drug-likeness (QED) is 0.141. The number of carbonyl (C=O) groups excluding carboxylic acids is 1. The van der Waals surface area contributed by atoms with Gasteiger partial charge >= 0.3 is 200 Å². The molecule has 4 rings (SSSR count). The molecule has 0 aromatic carbocycles. The van der Waals surface area contributed by atoms with Crippen molar-refractivity contribution in [3.63, 3.8) is 0 Å². The number of piperidine rings is 1. The van der Waals surface area contributed by atoms with Crippen LogP contribution in [0.4, 0.5) is 15.0 Å². The normalized spacial score (nSPS) is 16.5. The average Bonchev–Trinajstić information content (AvgIpc) is 3.22. The summed E-state index contributed by atoms with van der Waals surface area (Å²) in [7, 11) is 1.55. The van der Waals surface area contributed by atoms with E-state index in [9.17, 15) is 9.18 Å². The minimum atomic E-state index is -0.825. The van der Waals surface area contributed by atoms with Gasteiger partial charge in [0.2, 0.25) is 0 Å². The topological polar surface area (TPSA) is 105 Å². The number of amides is 1. The molecule has 12 heteroatoms. The summed E-state index contributed by atoms with van der Waals surface area (Å²) in [5, 5.41) is 1.24. The molecule has 0 radical (unpaired) electrons. The number of methoxy groups -OCH3 is 1. The number of hydrogen-bond donors (Lipinski definition) is 2. The Morgan fingerprint density at radius 3 is 3.09 bits per heavy atom. The van der Waals surface area contributed by atoms with Gasteiger partial charge in [-0.3, -0.25) is 0 Å². The molecule has 0 spiro atoms. The van der Waals surface area contributed by atoms with Crippen molar-refractivity contribution in [2.45, 2.75) is 23.3 Å². The molecule has 0 saturated carbocycles. The predicted octanol–water partition coefficient (Wildman–Crippen LogP) is 0.823. The number of hydrogen-bond acceptors (Lipinski definition) is 7. The van der Waals surface area contributed by atoms with Gasteiger partial charge in [-0.05, 0) is 0 Å². The van der Waals surface area contributed by atoms with E-state index in [1.807, 2.05) is 0 Å². The second-order valence-corrected chi connectivity index (χ2v) is 10.1. The fourth-order valence-electron chi connectivity index (χ4n) is 3.35. The van der Waals surface area contributed by atoms with Crippen LogP contribution in [0.25, 0.3) is 22.4 Å². The molecule has 172 valence electrons. The number of alkyl halides is 1. The van der Waals surface area contributed by atoms with Crippen LogP contribution in [0.2, 0.25) is 5.02 Å². The molecular formula is C20H22ClFIN6O3-. The fraction of sp³-hybridized carbons (Fsp3) is 0.400. The maximum absolute atomic E-state index is 14.5. The first-order chi connectivity index (χ1) is 15.6. The first-order valence-electron chi connectivity index (χ1n) is 10.0. The van der Waals surface area contributed by atoms with Gasteiger partial charge < -0.3 is 0 Å². The number of pyridine rings is 1. The summed E-state index contributed by atoms with van der Waals surface area (Å²) in [6.45, 7) is 1.18. The first-order valence-corrected chi connectivity index (χ1v) is 12.7. The Bertz CT molecular complexity index is 1100. The van der Waals surface area contributed by atoms with Gasteiger partial charge in [-0.15, -0.1) is 0 Å². The van der Waals surface area contributed by atoms with Gasteiger partial charge in [0.1, 0.15) is 0 Å². The van der Waals surface area contributed by atoms with Crippen molar-refractivity contribution in [2.75, 3.05) is 30.4 Å². The van der Waals surface area contributed by atoms with Crippen molar-refractivity contribution in [3.05, 3.63) is 35.5 Å². The third kappa shape index (κ3) is 5.21. The molecule has 1 amide bonds. The Labute approximate surface area is 199 Å². The van der Waals surface area contributed by atoms with E-state index in [-0.39, 0.29) is 22.6 Å². The molecule has 1 aliphatic rings. The summed E-state index contributed by atoms with van der Waals surface area (Å²) < 4.78 is 27.8. The molecule has 3 aromatic heterocycles. The number of ether oxygens (including phenoxy) is 2. The van der Waals surface area contributed by atoms with E-state index in [2.05, 4.69) is 23.5 Å². The summed E-state index contributed by atoms with van der Waals surface area (Å²) in [5.41, 5.74) is 1.32. The molecule has 4 heterocycles. The second-order valence-electron chi connectivity index (χ2n) is 7.08. The van der Waals surface area contributed by atoms with Crippen LogP contribution in [-0.2, 0) is 9.47 Å². The summed E-state index contributed by atoms with van der Waals surface area (Å²) in [6, 6.07) is 1.76. The van der Waals surface area contributed by atoms with E-state index >= 15 is 0 Å². The van der Waals surface area contributed by atoms with Gasteiger partial charge in [0.25, 0.3) is 0 Å². The third-order valence-corrected chi connectivity index (χ3v) is 7.97. The molecular weight excluding hydrogens is 554 g/mol. The zero-order valence-corrected chi connectivity index (χ0v) is 20.2. The van der Waals surface area contributed by atoms with Crippen molar-refractivity contribution in [2.24, 2.45) is 0 Å². The number of aromatic amines is 1. The molecule has 0 aliphatic carbocycles. The molecule has 0 bridgehead atoms. The fourth-order valence-corrected chi connectivity index (χ4v) is 6.13. The van der Waals surface area contributed by atoms with E-state index in [0.717, 1.165) is 30.8 Å². The van der Waals surface area contributed by atoms with Crippen LogP contribution in [0.1, 0.15) is 19.3 Å². The molecule has 9 nitrogen and oxygen atoms in total. The van der Waals surface area contributed by atoms with E-state index in [1.54, 1.807) is 30.5 Å². The molecule has 1 aliphatic heterocycles. The van der Waals surface area contributed by atoms with Gasteiger partial charge in [0, 0.05) is 0 Å². The van der Waals surface area contributed by atoms with Crippen molar-refractivity contribution in [1.82, 2.24) is 24.8 Å². The minimum absolute atomic E-state index is 0.0218. The number of carbonyl (C=O) groups is 1. The van der Waals surface area contributed by atoms with Crippen LogP contribution in [0.5, 0.6) is 0 Å². The average molecular weight is 576 g/mol. The summed E-state index contributed by atoms with van der Waals surface area (Å²) >= 11 is 5.25. The van der Waals surface area contributed by atoms with Crippen LogP contribution in [-0.4, -0.2) is 61.8 Å². The summed E-state index contributed by atoms with van der Waals surface area (Å²) in [4.78, 5) is 30.0. The number of anilines is 1. The van der Waals surface area contributed by atoms with E-state index in [1.165, 1.54) is 0 Å². The number of rotatable bonds is 7. The number of nitrogens with zero attached hydrogens (tertiary/aromatic N) is 4. The maximum atomic E-state index is 14.5. The molecule has 32 heavy (non-hydrogen) atoms. The predicted molar refractivity (Wildman–Crippen MR) is 113 cm³/mol. The first kappa shape index (κ1) is 22.9. The number of likely N-dealkylation sites (tertiary alicyclic amines) is 1. The number of fused-ring (bicyclic) bond motifs is 1. The molecule has 3 aromatic rings. The zero-order chi connectivity index (χ0) is 22.5. The Kier molecular flexibility index (Phi) is 7.58. The van der Waals surface area contributed by atoms with Crippen LogP contribution in [0, 0.1) is 5.82 Å². The van der Waals surface area contributed by atoms with Gasteiger partial charge in [-0.2, -0.15) is 0 Å². The Hall–Kier alpha value is -2.25. The zero-order valence-electron chi connectivity index (χ0n) is 17.3. The number of H-pyrrole nitrogens is 1. The summed E-state index contributed by atoms with van der Waals surface area (Å²) in [5.74, 6) is -0.0763. The molecule has 0 unspecified atom stereocenters. The summed E-state index contributed by atoms with van der Waals surface area (Å²) in [6.07, 6.45) is 6.81. The van der Waals surface area contributed by atoms with Crippen molar-refractivity contribution >= 4 is 34.5 Å². The van der Waals surface area contributed by atoms with Crippen LogP contribution in [0.15, 0.2) is 24.7 Å². The van der Waals surface area contributed by atoms with Gasteiger partial charge in [-0.1, -0.05) is 0 Å². The molecule has 1 atom stereocenters. The van der Waals surface area contributed by atoms with E-state index in [0.29, 0.717) is 35.2 Å². The van der Waals surface area contributed by atoms with Gasteiger partial charge in [0.05, 0.1) is 0 Å². The molecule has 2 N–H and O–H groups in total. The number of nitrogens with one attached hydrogen (secondary N) is 2. The monoisotopic (exact) mass is 575 g/mol. The van der Waals surface area contributed by atoms with Crippen LogP contribution < -0.4 is 25.0 Å². The van der Waals surface area contributed by atoms with Crippen molar-refractivity contribution < 1.29 is 40.1 Å². The van der Waals surface area contributed by atoms with Crippen LogP contribution in [0.3, 0.4) is 0 Å². The van der Waals surface area contributed by atoms with Crippen molar-refractivity contribution in [1.29, 1.82) is 0 Å². The Morgan fingerprint density at radius 1 is 1.38 bits per heavy atom. The molecule has 1 saturated heterocycles. The SMILES string of the molecule is COCCOC(=O)N1CCCC[C@H]1[I-]Nc1nc(-c2c[nH]c3ncc(Cl)cc23)ncc1F. The van der Waals surface area contributed by atoms with E-state index < -0.39 is 27.3 Å². The second kappa shape index (κ2) is 10.6. The Morgan fingerprint density at radius 2 is 2.25 bits per heavy atom. The number of halogens is 3. The van der Waals surface area contributed by atoms with E-state index in [4.69, 9.17) is 21.1 Å². The van der Waals surface area contributed by atoms with Gasteiger partial charge in [-0.25, -0.2) is 0 Å². The number of aromatic nitrogens is 4. The third-order valence-electron chi connectivity index (χ3n) is 4.93. The Balaban J connectivity index is 1.49. The molecule has 1 fully saturated rings. The van der Waals surface area contributed by atoms with Crippen LogP contribution >= 0.6 is 11.6 Å².